The summed E-state index contributed by atoms with van der Waals surface area (Å²) in [6.07, 6.45) is 2.07. The van der Waals surface area contributed by atoms with Crippen LogP contribution in [0.4, 0.5) is 0 Å². The normalized spacial score (nSPS) is 11.7. The van der Waals surface area contributed by atoms with Gasteiger partial charge in [-0.2, -0.15) is 0 Å². The molecule has 0 N–H and O–H groups in total. The summed E-state index contributed by atoms with van der Waals surface area (Å²) in [5.41, 5.74) is 1.22. The third kappa shape index (κ3) is 5.05. The van der Waals surface area contributed by atoms with E-state index in [1.807, 2.05) is 18.2 Å². The van der Waals surface area contributed by atoms with Crippen LogP contribution < -0.4 is 0 Å². The van der Waals surface area contributed by atoms with Crippen molar-refractivity contribution in [2.75, 3.05) is 6.61 Å². The molecule has 0 heterocycles. The molecule has 0 atom stereocenters. The maximum Gasteiger partial charge on any atom is 0.0721 e. The maximum atomic E-state index is 5.45. The zero-order valence-corrected chi connectivity index (χ0v) is 9.82. The van der Waals surface area contributed by atoms with Gasteiger partial charge in [0.15, 0.2) is 0 Å². The van der Waals surface area contributed by atoms with Crippen molar-refractivity contribution in [2.45, 2.75) is 13.5 Å². The third-order valence-electron chi connectivity index (χ3n) is 1.59. The minimum absolute atomic E-state index is 0.696. The van der Waals surface area contributed by atoms with E-state index in [1.54, 1.807) is 0 Å². The highest BCUT2D eigenvalue weighted by Gasteiger charge is 1.89. The predicted molar refractivity (Wildman–Crippen MR) is 63.9 cm³/mol. The van der Waals surface area contributed by atoms with Gasteiger partial charge in [-0.25, -0.2) is 0 Å². The topological polar surface area (TPSA) is 9.23 Å². The molecule has 0 aliphatic heterocycles. The molecule has 0 amide bonds. The van der Waals surface area contributed by atoms with Crippen LogP contribution in [0.5, 0.6) is 0 Å². The minimum Gasteiger partial charge on any atom is -0.373 e. The molecule has 0 saturated heterocycles. The van der Waals surface area contributed by atoms with Crippen molar-refractivity contribution in [3.05, 3.63) is 45.6 Å². The molecule has 70 valence electrons. The molecule has 0 fully saturated rings. The molecular formula is C11H13IO. The molecule has 13 heavy (non-hydrogen) atoms. The second-order valence-corrected chi connectivity index (χ2v) is 4.49. The Labute approximate surface area is 92.9 Å². The van der Waals surface area contributed by atoms with Crippen molar-refractivity contribution in [1.82, 2.24) is 0 Å². The van der Waals surface area contributed by atoms with E-state index in [4.69, 9.17) is 4.74 Å². The van der Waals surface area contributed by atoms with Gasteiger partial charge in [0.1, 0.15) is 0 Å². The summed E-state index contributed by atoms with van der Waals surface area (Å²) in [6, 6.07) is 10.2. The Balaban J connectivity index is 2.25. The lowest BCUT2D eigenvalue weighted by atomic mass is 10.2. The van der Waals surface area contributed by atoms with E-state index in [1.165, 1.54) is 9.14 Å². The highest BCUT2D eigenvalue weighted by Crippen LogP contribution is 2.04. The van der Waals surface area contributed by atoms with Crippen molar-refractivity contribution >= 4 is 22.6 Å². The van der Waals surface area contributed by atoms with E-state index in [2.05, 4.69) is 47.7 Å². The number of halogens is 1. The molecule has 0 saturated carbocycles. The van der Waals surface area contributed by atoms with Crippen LogP contribution in [0.25, 0.3) is 0 Å². The number of hydrogen-bond donors (Lipinski definition) is 0. The third-order valence-corrected chi connectivity index (χ3v) is 2.03. The van der Waals surface area contributed by atoms with Crippen LogP contribution in [0.3, 0.4) is 0 Å². The summed E-state index contributed by atoms with van der Waals surface area (Å²) in [4.78, 5) is 0. The average Bonchev–Trinajstić information content (AvgIpc) is 2.14. The Hall–Kier alpha value is -0.350. The van der Waals surface area contributed by atoms with Gasteiger partial charge < -0.3 is 4.74 Å². The Morgan fingerprint density at radius 2 is 2.08 bits per heavy atom. The molecule has 0 aliphatic carbocycles. The van der Waals surface area contributed by atoms with E-state index in [0.717, 1.165) is 0 Å². The van der Waals surface area contributed by atoms with Crippen molar-refractivity contribution in [3.63, 3.8) is 0 Å². The SMILES string of the molecule is C/C(I)=C/COCc1ccccc1. The summed E-state index contributed by atoms with van der Waals surface area (Å²) in [7, 11) is 0. The Morgan fingerprint density at radius 3 is 2.69 bits per heavy atom. The molecule has 1 aromatic rings. The van der Waals surface area contributed by atoms with Crippen LogP contribution in [0.15, 0.2) is 40.0 Å². The fourth-order valence-corrected chi connectivity index (χ4v) is 1.10. The zero-order chi connectivity index (χ0) is 9.52. The fourth-order valence-electron chi connectivity index (χ4n) is 0.925. The van der Waals surface area contributed by atoms with Crippen LogP contribution in [-0.4, -0.2) is 6.61 Å². The molecule has 0 bridgehead atoms. The molecule has 0 unspecified atom stereocenters. The van der Waals surface area contributed by atoms with Crippen molar-refractivity contribution in [2.24, 2.45) is 0 Å². The highest BCUT2D eigenvalue weighted by atomic mass is 127. The molecule has 1 rings (SSSR count). The summed E-state index contributed by atoms with van der Waals surface area (Å²) in [6.45, 7) is 3.46. The van der Waals surface area contributed by atoms with Gasteiger partial charge in [0.2, 0.25) is 0 Å². The lowest BCUT2D eigenvalue weighted by Crippen LogP contribution is -1.92. The monoisotopic (exact) mass is 288 g/mol. The quantitative estimate of drug-likeness (QED) is 0.608. The first kappa shape index (κ1) is 10.7. The first-order chi connectivity index (χ1) is 6.29. The lowest BCUT2D eigenvalue weighted by molar-refractivity contribution is 0.148. The van der Waals surface area contributed by atoms with Crippen molar-refractivity contribution in [3.8, 4) is 0 Å². The van der Waals surface area contributed by atoms with Gasteiger partial charge in [-0.15, -0.1) is 0 Å². The zero-order valence-electron chi connectivity index (χ0n) is 7.66. The Morgan fingerprint density at radius 1 is 1.38 bits per heavy atom. The van der Waals surface area contributed by atoms with Crippen LogP contribution in [0.2, 0.25) is 0 Å². The smallest absolute Gasteiger partial charge is 0.0721 e. The maximum absolute atomic E-state index is 5.45. The second-order valence-electron chi connectivity index (χ2n) is 2.79. The van der Waals surface area contributed by atoms with Gasteiger partial charge in [0.05, 0.1) is 13.2 Å². The molecular weight excluding hydrogens is 275 g/mol. The van der Waals surface area contributed by atoms with Gasteiger partial charge >= 0.3 is 0 Å². The molecule has 0 aliphatic rings. The number of benzene rings is 1. The minimum atomic E-state index is 0.696. The molecule has 1 nitrogen and oxygen atoms in total. The van der Waals surface area contributed by atoms with E-state index < -0.39 is 0 Å². The molecule has 1 aromatic carbocycles. The van der Waals surface area contributed by atoms with E-state index in [0.29, 0.717) is 13.2 Å². The van der Waals surface area contributed by atoms with E-state index in [-0.39, 0.29) is 0 Å². The fraction of sp³-hybridized carbons (Fsp3) is 0.273. The molecule has 0 radical (unpaired) electrons. The number of rotatable bonds is 4. The van der Waals surface area contributed by atoms with Crippen molar-refractivity contribution < 1.29 is 4.74 Å². The Kier molecular flexibility index (Phi) is 5.08. The average molecular weight is 288 g/mol. The van der Waals surface area contributed by atoms with Crippen LogP contribution >= 0.6 is 22.6 Å². The van der Waals surface area contributed by atoms with Gasteiger partial charge in [-0.1, -0.05) is 30.3 Å². The Bertz CT molecular complexity index is 263. The van der Waals surface area contributed by atoms with Crippen LogP contribution in [0, 0.1) is 0 Å². The number of allylic oxidation sites excluding steroid dienone is 1. The van der Waals surface area contributed by atoms with Gasteiger partial charge in [0, 0.05) is 0 Å². The van der Waals surface area contributed by atoms with Crippen molar-refractivity contribution in [1.29, 1.82) is 0 Å². The summed E-state index contributed by atoms with van der Waals surface area (Å²) >= 11 is 2.28. The van der Waals surface area contributed by atoms with Gasteiger partial charge in [-0.3, -0.25) is 0 Å². The largest absolute Gasteiger partial charge is 0.373 e. The number of hydrogen-bond acceptors (Lipinski definition) is 1. The van der Waals surface area contributed by atoms with Crippen LogP contribution in [-0.2, 0) is 11.3 Å². The second kappa shape index (κ2) is 6.16. The number of ether oxygens (including phenoxy) is 1. The molecule has 0 aromatic heterocycles. The van der Waals surface area contributed by atoms with Gasteiger partial charge in [0.25, 0.3) is 0 Å². The summed E-state index contributed by atoms with van der Waals surface area (Å²) < 4.78 is 6.72. The predicted octanol–water partition coefficient (Wildman–Crippen LogP) is 3.54. The van der Waals surface area contributed by atoms with E-state index >= 15 is 0 Å². The lowest BCUT2D eigenvalue weighted by Gasteiger charge is -2.00. The van der Waals surface area contributed by atoms with E-state index in [9.17, 15) is 0 Å². The standard InChI is InChI=1S/C11H13IO/c1-10(12)7-8-13-9-11-5-3-2-4-6-11/h2-7H,8-9H2,1H3/b10-7-. The molecule has 2 heteroatoms. The first-order valence-corrected chi connectivity index (χ1v) is 5.31. The first-order valence-electron chi connectivity index (χ1n) is 4.23. The summed E-state index contributed by atoms with van der Waals surface area (Å²) in [5, 5.41) is 0. The highest BCUT2D eigenvalue weighted by molar-refractivity contribution is 14.1. The van der Waals surface area contributed by atoms with Gasteiger partial charge in [-0.05, 0) is 44.7 Å². The molecule has 0 spiro atoms. The summed E-state index contributed by atoms with van der Waals surface area (Å²) in [5.74, 6) is 0. The van der Waals surface area contributed by atoms with Crippen LogP contribution in [0.1, 0.15) is 12.5 Å².